The highest BCUT2D eigenvalue weighted by Crippen LogP contribution is 2.66. The van der Waals surface area contributed by atoms with Crippen LogP contribution in [0.1, 0.15) is 33.6 Å². The van der Waals surface area contributed by atoms with E-state index in [0.717, 1.165) is 22.9 Å². The maximum absolute atomic E-state index is 14.7. The molecular formula is C32H37N3O4S. The van der Waals surface area contributed by atoms with Crippen molar-refractivity contribution in [1.82, 2.24) is 9.80 Å². The number of aliphatic hydroxyl groups excluding tert-OH is 1. The van der Waals surface area contributed by atoms with Crippen molar-refractivity contribution in [2.75, 3.05) is 31.1 Å². The van der Waals surface area contributed by atoms with E-state index in [2.05, 4.69) is 6.08 Å². The standard InChI is InChI=1S/C32H37N3O4S/c1-4-16-33-17-8-14-31(3)25(28(33)37)26-29(38)35(23(5-2)20-36)27-30(39)34(18-9-15-32(26,27)40-31)24-13-12-21-10-6-7-11-22(21)19-24/h6-15,19,23,25-27,36H,4-5,16-18,20H2,1-3H3/t23-,25-,26-,27?,31+,32-/m0/s1. The van der Waals surface area contributed by atoms with Gasteiger partial charge in [0.1, 0.15) is 6.04 Å². The van der Waals surface area contributed by atoms with Crippen molar-refractivity contribution < 1.29 is 19.5 Å². The van der Waals surface area contributed by atoms with Crippen LogP contribution in [0.5, 0.6) is 0 Å². The van der Waals surface area contributed by atoms with Crippen LogP contribution in [-0.4, -0.2) is 80.4 Å². The van der Waals surface area contributed by atoms with Crippen molar-refractivity contribution in [1.29, 1.82) is 0 Å². The monoisotopic (exact) mass is 559 g/mol. The molecule has 0 radical (unpaired) electrons. The van der Waals surface area contributed by atoms with Crippen molar-refractivity contribution in [3.05, 3.63) is 66.8 Å². The maximum atomic E-state index is 14.7. The van der Waals surface area contributed by atoms with Gasteiger partial charge in [-0.3, -0.25) is 14.4 Å². The van der Waals surface area contributed by atoms with Crippen molar-refractivity contribution in [3.8, 4) is 0 Å². The summed E-state index contributed by atoms with van der Waals surface area (Å²) in [5.74, 6) is -1.68. The number of hydrogen-bond acceptors (Lipinski definition) is 5. The molecule has 6 atom stereocenters. The average molecular weight is 560 g/mol. The van der Waals surface area contributed by atoms with Gasteiger partial charge in [0.25, 0.3) is 5.91 Å². The molecule has 4 heterocycles. The number of nitrogens with zero attached hydrogens (tertiary/aromatic N) is 3. The van der Waals surface area contributed by atoms with Crippen molar-refractivity contribution in [2.45, 2.75) is 55.2 Å². The van der Waals surface area contributed by atoms with Crippen molar-refractivity contribution in [3.63, 3.8) is 0 Å². The van der Waals surface area contributed by atoms with Crippen LogP contribution < -0.4 is 4.90 Å². The number of hydrogen-bond donors (Lipinski definition) is 1. The zero-order valence-electron chi connectivity index (χ0n) is 23.3. The molecule has 4 aliphatic heterocycles. The lowest BCUT2D eigenvalue weighted by atomic mass is 9.74. The highest BCUT2D eigenvalue weighted by molar-refractivity contribution is 8.02. The molecule has 2 aromatic rings. The first kappa shape index (κ1) is 27.1. The second-order valence-corrected chi connectivity index (χ2v) is 13.3. The SMILES string of the molecule is CCCN1CC=C[C@@]2(C)S[C@]34C=CCN(c5ccc6ccccc6c5)C(=O)C3N([C@@H](CC)CO)C(=O)[C@@H]4[C@H]2C1=O. The quantitative estimate of drug-likeness (QED) is 0.541. The molecule has 4 aliphatic rings. The third kappa shape index (κ3) is 3.86. The molecule has 210 valence electrons. The van der Waals surface area contributed by atoms with Crippen LogP contribution in [0.4, 0.5) is 5.69 Å². The molecule has 1 N–H and O–H groups in total. The molecule has 0 aliphatic carbocycles. The Hall–Kier alpha value is -3.10. The van der Waals surface area contributed by atoms with Gasteiger partial charge >= 0.3 is 0 Å². The Balaban J connectivity index is 1.49. The van der Waals surface area contributed by atoms with E-state index >= 15 is 0 Å². The van der Waals surface area contributed by atoms with E-state index < -0.39 is 33.4 Å². The number of fused-ring (bicyclic) bond motifs is 3. The molecule has 2 saturated heterocycles. The molecule has 1 unspecified atom stereocenters. The molecule has 3 amide bonds. The van der Waals surface area contributed by atoms with Crippen LogP contribution in [0.15, 0.2) is 66.8 Å². The molecule has 2 fully saturated rings. The molecule has 7 nitrogen and oxygen atoms in total. The molecule has 0 bridgehead atoms. The van der Waals surface area contributed by atoms with Crippen LogP contribution in [-0.2, 0) is 14.4 Å². The van der Waals surface area contributed by atoms with Gasteiger partial charge in [0.15, 0.2) is 0 Å². The third-order valence-electron chi connectivity index (χ3n) is 9.19. The predicted molar refractivity (Wildman–Crippen MR) is 159 cm³/mol. The topological polar surface area (TPSA) is 81.2 Å². The number of thioether (sulfide) groups is 1. The highest BCUT2D eigenvalue weighted by Gasteiger charge is 2.74. The fourth-order valence-corrected chi connectivity index (χ4v) is 9.51. The Kier molecular flexibility index (Phi) is 6.82. The number of amides is 3. The number of likely N-dealkylation sites (tertiary alicyclic amines) is 1. The molecule has 6 rings (SSSR count). The zero-order chi connectivity index (χ0) is 28.2. The normalized spacial score (nSPS) is 32.2. The van der Waals surface area contributed by atoms with Gasteiger partial charge in [-0.1, -0.05) is 68.5 Å². The molecule has 40 heavy (non-hydrogen) atoms. The lowest BCUT2D eigenvalue weighted by Gasteiger charge is -2.39. The van der Waals surface area contributed by atoms with Crippen LogP contribution in [0.3, 0.4) is 0 Å². The number of aliphatic hydroxyl groups is 1. The van der Waals surface area contributed by atoms with Gasteiger partial charge in [-0.15, -0.1) is 11.8 Å². The van der Waals surface area contributed by atoms with Gasteiger partial charge in [-0.25, -0.2) is 0 Å². The molecular weight excluding hydrogens is 522 g/mol. The van der Waals surface area contributed by atoms with Crippen molar-refractivity contribution >= 4 is 45.9 Å². The lowest BCUT2D eigenvalue weighted by molar-refractivity contribution is -0.145. The predicted octanol–water partition coefficient (Wildman–Crippen LogP) is 4.01. The Morgan fingerprint density at radius 2 is 1.70 bits per heavy atom. The summed E-state index contributed by atoms with van der Waals surface area (Å²) >= 11 is 1.59. The Labute approximate surface area is 239 Å². The maximum Gasteiger partial charge on any atom is 0.251 e. The van der Waals surface area contributed by atoms with Crippen LogP contribution in [0, 0.1) is 11.8 Å². The summed E-state index contributed by atoms with van der Waals surface area (Å²) in [4.78, 5) is 48.6. The van der Waals surface area contributed by atoms with Crippen molar-refractivity contribution in [2.24, 2.45) is 11.8 Å². The first-order valence-corrected chi connectivity index (χ1v) is 15.2. The largest absolute Gasteiger partial charge is 0.394 e. The minimum Gasteiger partial charge on any atom is -0.394 e. The lowest BCUT2D eigenvalue weighted by Crippen LogP contribution is -2.56. The Morgan fingerprint density at radius 3 is 2.42 bits per heavy atom. The minimum atomic E-state index is -0.920. The van der Waals surface area contributed by atoms with Gasteiger partial charge in [-0.05, 0) is 42.7 Å². The highest BCUT2D eigenvalue weighted by atomic mass is 32.2. The number of carbonyl (C=O) groups excluding carboxylic acids is 3. The van der Waals surface area contributed by atoms with Gasteiger partial charge in [-0.2, -0.15) is 0 Å². The van der Waals surface area contributed by atoms with E-state index in [1.807, 2.05) is 86.4 Å². The molecule has 8 heteroatoms. The van der Waals surface area contributed by atoms with Crippen LogP contribution in [0.2, 0.25) is 0 Å². The summed E-state index contributed by atoms with van der Waals surface area (Å²) in [6.07, 6.45) is 9.51. The van der Waals surface area contributed by atoms with Gasteiger partial charge in [0.2, 0.25) is 11.8 Å². The van der Waals surface area contributed by atoms with E-state index in [0.29, 0.717) is 26.1 Å². The van der Waals surface area contributed by atoms with Crippen LogP contribution in [0.25, 0.3) is 10.8 Å². The molecule has 1 spiro atoms. The summed E-state index contributed by atoms with van der Waals surface area (Å²) in [5.41, 5.74) is 0.770. The van der Waals surface area contributed by atoms with E-state index in [1.165, 1.54) is 0 Å². The zero-order valence-corrected chi connectivity index (χ0v) is 24.1. The smallest absolute Gasteiger partial charge is 0.251 e. The van der Waals surface area contributed by atoms with Crippen LogP contribution >= 0.6 is 11.8 Å². The van der Waals surface area contributed by atoms with E-state index in [9.17, 15) is 19.5 Å². The number of anilines is 1. The summed E-state index contributed by atoms with van der Waals surface area (Å²) in [5, 5.41) is 12.5. The van der Waals surface area contributed by atoms with E-state index in [4.69, 9.17) is 0 Å². The Bertz CT molecular complexity index is 1420. The summed E-state index contributed by atoms with van der Waals surface area (Å²) in [7, 11) is 0. The van der Waals surface area contributed by atoms with Gasteiger partial charge < -0.3 is 19.8 Å². The second-order valence-electron chi connectivity index (χ2n) is 11.6. The minimum absolute atomic E-state index is 0.0220. The molecule has 0 saturated carbocycles. The first-order chi connectivity index (χ1) is 19.3. The fourth-order valence-electron chi connectivity index (χ4n) is 7.37. The third-order valence-corrected chi connectivity index (χ3v) is 11.0. The van der Waals surface area contributed by atoms with E-state index in [1.54, 1.807) is 21.6 Å². The molecule has 0 aromatic heterocycles. The van der Waals surface area contributed by atoms with Gasteiger partial charge in [0, 0.05) is 30.1 Å². The summed E-state index contributed by atoms with van der Waals surface area (Å²) in [6.45, 7) is 7.30. The van der Waals surface area contributed by atoms with E-state index in [-0.39, 0.29) is 24.3 Å². The van der Waals surface area contributed by atoms with Gasteiger partial charge in [0.05, 0.1) is 29.2 Å². The first-order valence-electron chi connectivity index (χ1n) is 14.4. The number of rotatable bonds is 6. The second kappa shape index (κ2) is 10.1. The number of carbonyl (C=O) groups is 3. The molecule has 2 aromatic carbocycles. The Morgan fingerprint density at radius 1 is 0.950 bits per heavy atom. The number of benzene rings is 2. The fraction of sp³-hybridized carbons (Fsp3) is 0.469. The summed E-state index contributed by atoms with van der Waals surface area (Å²) < 4.78 is -1.55. The average Bonchev–Trinajstić information content (AvgIpc) is 3.22. The summed E-state index contributed by atoms with van der Waals surface area (Å²) in [6, 6.07) is 12.7.